The van der Waals surface area contributed by atoms with Gasteiger partial charge in [-0.3, -0.25) is 5.32 Å². The van der Waals surface area contributed by atoms with E-state index < -0.39 is 0 Å². The fraction of sp³-hybridized carbons (Fsp3) is 0.125. The average molecular weight is 301 g/mol. The molecule has 0 spiro atoms. The quantitative estimate of drug-likeness (QED) is 0.705. The maximum Gasteiger partial charge on any atom is 0.0738 e. The molecule has 0 fully saturated rings. The highest BCUT2D eigenvalue weighted by atomic mass is 35.5. The van der Waals surface area contributed by atoms with Gasteiger partial charge in [0.15, 0.2) is 0 Å². The molecule has 0 bridgehead atoms. The van der Waals surface area contributed by atoms with Crippen LogP contribution in [0.5, 0.6) is 0 Å². The van der Waals surface area contributed by atoms with Crippen molar-refractivity contribution in [2.45, 2.75) is 12.6 Å². The highest BCUT2D eigenvalue weighted by Crippen LogP contribution is 2.33. The summed E-state index contributed by atoms with van der Waals surface area (Å²) in [6.07, 6.45) is 2.13. The van der Waals surface area contributed by atoms with E-state index >= 15 is 0 Å². The van der Waals surface area contributed by atoms with E-state index in [1.54, 1.807) is 11.3 Å². The molecule has 0 aliphatic carbocycles. The van der Waals surface area contributed by atoms with E-state index in [2.05, 4.69) is 45.7 Å². The third-order valence-electron chi connectivity index (χ3n) is 3.71. The maximum atomic E-state index is 6.14. The van der Waals surface area contributed by atoms with E-state index in [4.69, 9.17) is 11.6 Å². The zero-order valence-corrected chi connectivity index (χ0v) is 12.3. The Kier molecular flexibility index (Phi) is 2.91. The number of halogens is 1. The molecule has 1 aliphatic heterocycles. The molecule has 0 amide bonds. The SMILES string of the molecule is Clc1cccc(C2NCc3sccc3-n3cccc32)c1. The Labute approximate surface area is 126 Å². The number of nitrogens with one attached hydrogen (secondary N) is 1. The van der Waals surface area contributed by atoms with Crippen LogP contribution in [0.3, 0.4) is 0 Å². The van der Waals surface area contributed by atoms with Crippen LogP contribution in [0, 0.1) is 0 Å². The second kappa shape index (κ2) is 4.77. The van der Waals surface area contributed by atoms with Gasteiger partial charge in [0.2, 0.25) is 0 Å². The van der Waals surface area contributed by atoms with Gasteiger partial charge in [0, 0.05) is 28.3 Å². The van der Waals surface area contributed by atoms with Crippen molar-refractivity contribution in [3.63, 3.8) is 0 Å². The summed E-state index contributed by atoms with van der Waals surface area (Å²) in [7, 11) is 0. The van der Waals surface area contributed by atoms with Crippen molar-refractivity contribution in [1.29, 1.82) is 0 Å². The summed E-state index contributed by atoms with van der Waals surface area (Å²) in [5, 5.41) is 6.57. The van der Waals surface area contributed by atoms with Gasteiger partial charge in [-0.25, -0.2) is 0 Å². The van der Waals surface area contributed by atoms with Crippen LogP contribution < -0.4 is 5.32 Å². The van der Waals surface area contributed by atoms with E-state index in [1.807, 2.05) is 18.2 Å². The van der Waals surface area contributed by atoms with Gasteiger partial charge in [0.05, 0.1) is 11.7 Å². The molecular formula is C16H13ClN2S. The molecule has 2 aromatic heterocycles. The van der Waals surface area contributed by atoms with Crippen molar-refractivity contribution < 1.29 is 0 Å². The van der Waals surface area contributed by atoms with Crippen LogP contribution in [0.1, 0.15) is 22.2 Å². The maximum absolute atomic E-state index is 6.14. The smallest absolute Gasteiger partial charge is 0.0738 e. The van der Waals surface area contributed by atoms with Gasteiger partial charge in [0.25, 0.3) is 0 Å². The Morgan fingerprint density at radius 3 is 3.05 bits per heavy atom. The summed E-state index contributed by atoms with van der Waals surface area (Å²) in [4.78, 5) is 1.37. The average Bonchev–Trinajstić information content (AvgIpc) is 3.06. The molecule has 1 atom stereocenters. The fourth-order valence-corrected chi connectivity index (χ4v) is 3.82. The van der Waals surface area contributed by atoms with Crippen molar-refractivity contribution in [3.8, 4) is 5.69 Å². The van der Waals surface area contributed by atoms with Crippen molar-refractivity contribution in [2.24, 2.45) is 0 Å². The number of hydrogen-bond donors (Lipinski definition) is 1. The first-order valence-electron chi connectivity index (χ1n) is 6.56. The Morgan fingerprint density at radius 1 is 1.20 bits per heavy atom. The standard InChI is InChI=1S/C16H13ClN2S/c17-12-4-1-3-11(9-12)16-14-5-2-7-19(14)13-6-8-20-15(13)10-18-16/h1-9,16,18H,10H2. The molecule has 1 aromatic carbocycles. The topological polar surface area (TPSA) is 17.0 Å². The molecule has 4 heteroatoms. The Balaban J connectivity index is 1.87. The van der Waals surface area contributed by atoms with Crippen molar-refractivity contribution >= 4 is 22.9 Å². The second-order valence-electron chi connectivity index (χ2n) is 4.90. The van der Waals surface area contributed by atoms with Gasteiger partial charge in [-0.1, -0.05) is 23.7 Å². The van der Waals surface area contributed by atoms with Crippen LogP contribution >= 0.6 is 22.9 Å². The van der Waals surface area contributed by atoms with E-state index in [0.29, 0.717) is 0 Å². The predicted octanol–water partition coefficient (Wildman–Crippen LogP) is 4.38. The first-order valence-corrected chi connectivity index (χ1v) is 7.81. The summed E-state index contributed by atoms with van der Waals surface area (Å²) in [6, 6.07) is 14.7. The first-order chi connectivity index (χ1) is 9.83. The molecular weight excluding hydrogens is 288 g/mol. The van der Waals surface area contributed by atoms with Crippen LogP contribution in [0.4, 0.5) is 0 Å². The molecule has 2 nitrogen and oxygen atoms in total. The van der Waals surface area contributed by atoms with Gasteiger partial charge >= 0.3 is 0 Å². The first kappa shape index (κ1) is 12.2. The predicted molar refractivity (Wildman–Crippen MR) is 83.8 cm³/mol. The summed E-state index contributed by atoms with van der Waals surface area (Å²) in [5.41, 5.74) is 3.74. The minimum atomic E-state index is 0.170. The summed E-state index contributed by atoms with van der Waals surface area (Å²) in [5.74, 6) is 0. The summed E-state index contributed by atoms with van der Waals surface area (Å²) in [6.45, 7) is 0.881. The lowest BCUT2D eigenvalue weighted by Gasteiger charge is -2.18. The van der Waals surface area contributed by atoms with Gasteiger partial charge in [-0.2, -0.15) is 0 Å². The van der Waals surface area contributed by atoms with Crippen LogP contribution in [0.2, 0.25) is 5.02 Å². The Morgan fingerprint density at radius 2 is 2.15 bits per heavy atom. The van der Waals surface area contributed by atoms with Crippen LogP contribution in [0.15, 0.2) is 54.0 Å². The lowest BCUT2D eigenvalue weighted by atomic mass is 10.0. The third kappa shape index (κ3) is 1.90. The zero-order chi connectivity index (χ0) is 13.5. The van der Waals surface area contributed by atoms with Gasteiger partial charge in [-0.05, 0) is 41.3 Å². The minimum Gasteiger partial charge on any atom is -0.318 e. The number of aromatic nitrogens is 1. The third-order valence-corrected chi connectivity index (χ3v) is 4.85. The van der Waals surface area contributed by atoms with Gasteiger partial charge < -0.3 is 4.57 Å². The fourth-order valence-electron chi connectivity index (χ4n) is 2.80. The Bertz CT molecular complexity index is 759. The molecule has 3 heterocycles. The van der Waals surface area contributed by atoms with E-state index in [1.165, 1.54) is 21.8 Å². The molecule has 0 saturated carbocycles. The van der Waals surface area contributed by atoms with Gasteiger partial charge in [-0.15, -0.1) is 11.3 Å². The molecule has 1 aliphatic rings. The zero-order valence-electron chi connectivity index (χ0n) is 10.7. The lowest BCUT2D eigenvalue weighted by molar-refractivity contribution is 0.604. The van der Waals surface area contributed by atoms with Crippen molar-refractivity contribution in [1.82, 2.24) is 9.88 Å². The summed E-state index contributed by atoms with van der Waals surface area (Å²) < 4.78 is 2.28. The Hall–Kier alpha value is -1.55. The number of benzene rings is 1. The molecule has 100 valence electrons. The normalized spacial score (nSPS) is 17.4. The molecule has 1 unspecified atom stereocenters. The van der Waals surface area contributed by atoms with Crippen LogP contribution in [-0.2, 0) is 6.54 Å². The van der Waals surface area contributed by atoms with E-state index in [0.717, 1.165) is 11.6 Å². The number of rotatable bonds is 1. The number of thiophene rings is 1. The molecule has 0 radical (unpaired) electrons. The van der Waals surface area contributed by atoms with Crippen molar-refractivity contribution in [3.05, 3.63) is 75.2 Å². The van der Waals surface area contributed by atoms with Gasteiger partial charge in [0.1, 0.15) is 0 Å². The van der Waals surface area contributed by atoms with Crippen molar-refractivity contribution in [2.75, 3.05) is 0 Å². The monoisotopic (exact) mass is 300 g/mol. The molecule has 4 rings (SSSR count). The highest BCUT2D eigenvalue weighted by Gasteiger charge is 2.23. The molecule has 1 N–H and O–H groups in total. The van der Waals surface area contributed by atoms with E-state index in [9.17, 15) is 0 Å². The van der Waals surface area contributed by atoms with Crippen LogP contribution in [0.25, 0.3) is 5.69 Å². The minimum absolute atomic E-state index is 0.170. The van der Waals surface area contributed by atoms with Crippen LogP contribution in [-0.4, -0.2) is 4.57 Å². The highest BCUT2D eigenvalue weighted by molar-refractivity contribution is 7.10. The van der Waals surface area contributed by atoms with E-state index in [-0.39, 0.29) is 6.04 Å². The largest absolute Gasteiger partial charge is 0.318 e. The number of hydrogen-bond acceptors (Lipinski definition) is 2. The summed E-state index contributed by atoms with van der Waals surface area (Å²) >= 11 is 7.94. The molecule has 0 saturated heterocycles. The molecule has 20 heavy (non-hydrogen) atoms. The number of nitrogens with zero attached hydrogens (tertiary/aromatic N) is 1. The lowest BCUT2D eigenvalue weighted by Crippen LogP contribution is -2.21. The second-order valence-corrected chi connectivity index (χ2v) is 6.34. The molecule has 3 aromatic rings. The number of fused-ring (bicyclic) bond motifs is 3.